The molecule has 1 N–H and O–H groups in total. The predicted molar refractivity (Wildman–Crippen MR) is 93.0 cm³/mol. The highest BCUT2D eigenvalue weighted by atomic mass is 32.2. The Labute approximate surface area is 136 Å². The summed E-state index contributed by atoms with van der Waals surface area (Å²) in [6, 6.07) is 16.4. The summed E-state index contributed by atoms with van der Waals surface area (Å²) in [4.78, 5) is 4.53. The number of rotatable bonds is 5. The molecule has 0 aliphatic heterocycles. The van der Waals surface area contributed by atoms with E-state index in [1.54, 1.807) is 18.2 Å². The molecular formula is C18H18N2O2S. The summed E-state index contributed by atoms with van der Waals surface area (Å²) >= 11 is 0. The minimum absolute atomic E-state index is 0.255. The van der Waals surface area contributed by atoms with Gasteiger partial charge in [0.15, 0.2) is 0 Å². The highest BCUT2D eigenvalue weighted by Gasteiger charge is 2.14. The van der Waals surface area contributed by atoms with Gasteiger partial charge in [-0.05, 0) is 36.2 Å². The van der Waals surface area contributed by atoms with Gasteiger partial charge in [0.05, 0.1) is 22.3 Å². The summed E-state index contributed by atoms with van der Waals surface area (Å²) in [5.74, 6) is 0. The van der Waals surface area contributed by atoms with Crippen LogP contribution in [0.4, 0.5) is 5.69 Å². The van der Waals surface area contributed by atoms with Crippen LogP contribution in [-0.4, -0.2) is 13.4 Å². The molecule has 0 atom stereocenters. The number of aryl methyl sites for hydroxylation is 1. The van der Waals surface area contributed by atoms with Crippen LogP contribution in [0.1, 0.15) is 18.9 Å². The van der Waals surface area contributed by atoms with E-state index in [1.807, 2.05) is 36.4 Å². The molecule has 0 saturated carbocycles. The van der Waals surface area contributed by atoms with Gasteiger partial charge in [0.2, 0.25) is 0 Å². The number of aromatic nitrogens is 1. The van der Waals surface area contributed by atoms with E-state index in [9.17, 15) is 8.42 Å². The Bertz CT molecular complexity index is 919. The molecule has 0 aliphatic rings. The second-order valence-corrected chi connectivity index (χ2v) is 7.10. The van der Waals surface area contributed by atoms with E-state index < -0.39 is 10.0 Å². The van der Waals surface area contributed by atoms with Gasteiger partial charge in [-0.3, -0.25) is 9.71 Å². The number of para-hydroxylation sites is 1. The number of benzene rings is 2. The average molecular weight is 326 g/mol. The van der Waals surface area contributed by atoms with Crippen molar-refractivity contribution < 1.29 is 8.42 Å². The quantitative estimate of drug-likeness (QED) is 0.771. The van der Waals surface area contributed by atoms with E-state index in [2.05, 4.69) is 16.6 Å². The van der Waals surface area contributed by atoms with Gasteiger partial charge in [-0.1, -0.05) is 43.7 Å². The molecule has 2 aromatic carbocycles. The first-order valence-electron chi connectivity index (χ1n) is 7.55. The molecule has 0 aliphatic carbocycles. The van der Waals surface area contributed by atoms with E-state index in [4.69, 9.17) is 0 Å². The number of hydrogen-bond acceptors (Lipinski definition) is 3. The number of pyridine rings is 1. The minimum atomic E-state index is -3.60. The summed E-state index contributed by atoms with van der Waals surface area (Å²) in [5.41, 5.74) is 2.43. The van der Waals surface area contributed by atoms with Gasteiger partial charge >= 0.3 is 0 Å². The monoisotopic (exact) mass is 326 g/mol. The molecule has 0 radical (unpaired) electrons. The third-order valence-corrected chi connectivity index (χ3v) is 5.01. The molecule has 3 rings (SSSR count). The Morgan fingerprint density at radius 1 is 1.04 bits per heavy atom. The molecule has 0 fully saturated rings. The SMILES string of the molecule is CCCc1ccc(S(=O)(=O)Nc2cnc3ccccc3c2)cc1. The van der Waals surface area contributed by atoms with Crippen LogP contribution in [0.5, 0.6) is 0 Å². The third kappa shape index (κ3) is 3.51. The molecule has 1 aromatic heterocycles. The van der Waals surface area contributed by atoms with Crippen LogP contribution in [0, 0.1) is 0 Å². The highest BCUT2D eigenvalue weighted by molar-refractivity contribution is 7.92. The fourth-order valence-corrected chi connectivity index (χ4v) is 3.50. The van der Waals surface area contributed by atoms with Crippen LogP contribution < -0.4 is 4.72 Å². The van der Waals surface area contributed by atoms with E-state index in [-0.39, 0.29) is 4.90 Å². The third-order valence-electron chi connectivity index (χ3n) is 3.62. The fourth-order valence-electron chi connectivity index (χ4n) is 2.46. The Kier molecular flexibility index (Phi) is 4.30. The van der Waals surface area contributed by atoms with Crippen molar-refractivity contribution >= 4 is 26.6 Å². The molecule has 23 heavy (non-hydrogen) atoms. The van der Waals surface area contributed by atoms with E-state index in [1.165, 1.54) is 6.20 Å². The maximum atomic E-state index is 12.5. The molecule has 118 valence electrons. The zero-order valence-electron chi connectivity index (χ0n) is 12.9. The molecule has 0 amide bonds. The molecule has 0 bridgehead atoms. The van der Waals surface area contributed by atoms with Crippen molar-refractivity contribution in [2.75, 3.05) is 4.72 Å². The van der Waals surface area contributed by atoms with Gasteiger partial charge in [-0.2, -0.15) is 0 Å². The summed E-state index contributed by atoms with van der Waals surface area (Å²) < 4.78 is 27.5. The summed E-state index contributed by atoms with van der Waals surface area (Å²) in [5, 5.41) is 0.894. The van der Waals surface area contributed by atoms with Crippen LogP contribution in [0.15, 0.2) is 65.7 Å². The Balaban J connectivity index is 1.86. The molecule has 0 unspecified atom stereocenters. The van der Waals surface area contributed by atoms with Crippen LogP contribution in [0.2, 0.25) is 0 Å². The normalized spacial score (nSPS) is 11.5. The van der Waals surface area contributed by atoms with E-state index in [0.29, 0.717) is 5.69 Å². The number of sulfonamides is 1. The van der Waals surface area contributed by atoms with Gasteiger partial charge < -0.3 is 0 Å². The van der Waals surface area contributed by atoms with Crippen molar-refractivity contribution in [1.82, 2.24) is 4.98 Å². The molecule has 0 spiro atoms. The Morgan fingerprint density at radius 3 is 2.52 bits per heavy atom. The molecule has 0 saturated heterocycles. The first-order chi connectivity index (χ1) is 11.1. The smallest absolute Gasteiger partial charge is 0.261 e. The molecule has 3 aromatic rings. The number of anilines is 1. The minimum Gasteiger partial charge on any atom is -0.278 e. The second kappa shape index (κ2) is 6.38. The highest BCUT2D eigenvalue weighted by Crippen LogP contribution is 2.20. The fraction of sp³-hybridized carbons (Fsp3) is 0.167. The molecular weight excluding hydrogens is 308 g/mol. The van der Waals surface area contributed by atoms with Gasteiger partial charge in [-0.15, -0.1) is 0 Å². The molecule has 4 nitrogen and oxygen atoms in total. The number of hydrogen-bond donors (Lipinski definition) is 1. The first-order valence-corrected chi connectivity index (χ1v) is 9.03. The maximum Gasteiger partial charge on any atom is 0.261 e. The Hall–Kier alpha value is -2.40. The van der Waals surface area contributed by atoms with Gasteiger partial charge in [0.1, 0.15) is 0 Å². The van der Waals surface area contributed by atoms with Crippen LogP contribution in [0.3, 0.4) is 0 Å². The zero-order chi connectivity index (χ0) is 16.3. The van der Waals surface area contributed by atoms with Crippen molar-refractivity contribution in [3.63, 3.8) is 0 Å². The number of nitrogens with one attached hydrogen (secondary N) is 1. The lowest BCUT2D eigenvalue weighted by Crippen LogP contribution is -2.13. The van der Waals surface area contributed by atoms with Crippen molar-refractivity contribution in [3.8, 4) is 0 Å². The van der Waals surface area contributed by atoms with Crippen molar-refractivity contribution in [1.29, 1.82) is 0 Å². The average Bonchev–Trinajstić information content (AvgIpc) is 2.55. The van der Waals surface area contributed by atoms with Crippen molar-refractivity contribution in [2.45, 2.75) is 24.7 Å². The standard InChI is InChI=1S/C18H18N2O2S/c1-2-5-14-8-10-17(11-9-14)23(21,22)20-16-12-15-6-3-4-7-18(15)19-13-16/h3-4,6-13,20H,2,5H2,1H3. The number of fused-ring (bicyclic) bond motifs is 1. The lowest BCUT2D eigenvalue weighted by Gasteiger charge is -2.09. The van der Waals surface area contributed by atoms with Crippen LogP contribution in [0.25, 0.3) is 10.9 Å². The lowest BCUT2D eigenvalue weighted by molar-refractivity contribution is 0.601. The second-order valence-electron chi connectivity index (χ2n) is 5.42. The Morgan fingerprint density at radius 2 is 1.78 bits per heavy atom. The zero-order valence-corrected chi connectivity index (χ0v) is 13.7. The van der Waals surface area contributed by atoms with Crippen LogP contribution >= 0.6 is 0 Å². The summed E-state index contributed by atoms with van der Waals surface area (Å²) in [6.45, 7) is 2.10. The van der Waals surface area contributed by atoms with Gasteiger partial charge in [0.25, 0.3) is 10.0 Å². The van der Waals surface area contributed by atoms with Gasteiger partial charge in [0, 0.05) is 5.39 Å². The lowest BCUT2D eigenvalue weighted by atomic mass is 10.1. The van der Waals surface area contributed by atoms with Crippen molar-refractivity contribution in [3.05, 3.63) is 66.4 Å². The van der Waals surface area contributed by atoms with Crippen molar-refractivity contribution in [2.24, 2.45) is 0 Å². The number of nitrogens with zero attached hydrogens (tertiary/aromatic N) is 1. The predicted octanol–water partition coefficient (Wildman–Crippen LogP) is 3.99. The van der Waals surface area contributed by atoms with Crippen LogP contribution in [-0.2, 0) is 16.4 Å². The van der Waals surface area contributed by atoms with Gasteiger partial charge in [-0.25, -0.2) is 8.42 Å². The molecule has 1 heterocycles. The first kappa shape index (κ1) is 15.5. The van der Waals surface area contributed by atoms with E-state index in [0.717, 1.165) is 29.3 Å². The van der Waals surface area contributed by atoms with E-state index >= 15 is 0 Å². The summed E-state index contributed by atoms with van der Waals surface area (Å²) in [6.07, 6.45) is 3.51. The largest absolute Gasteiger partial charge is 0.278 e. The topological polar surface area (TPSA) is 59.1 Å². The maximum absolute atomic E-state index is 12.5. The summed E-state index contributed by atoms with van der Waals surface area (Å²) in [7, 11) is -3.60. The molecule has 5 heteroatoms.